The van der Waals surface area contributed by atoms with Crippen molar-refractivity contribution < 1.29 is 13.2 Å². The molecule has 1 aromatic rings. The predicted molar refractivity (Wildman–Crippen MR) is 62.5 cm³/mol. The van der Waals surface area contributed by atoms with Crippen LogP contribution in [0, 0.1) is 0 Å². The molecule has 86 valence electrons. The average Bonchev–Trinajstić information content (AvgIpc) is 2.49. The molecule has 5 heteroatoms. The van der Waals surface area contributed by atoms with Crippen LogP contribution in [0.2, 0.25) is 0 Å². The van der Waals surface area contributed by atoms with Crippen LogP contribution in [-0.4, -0.2) is 21.6 Å². The predicted octanol–water partition coefficient (Wildman–Crippen LogP) is 1.43. The second-order valence-electron chi connectivity index (χ2n) is 3.55. The van der Waals surface area contributed by atoms with Gasteiger partial charge in [-0.2, -0.15) is 0 Å². The zero-order valence-electron chi connectivity index (χ0n) is 8.93. The van der Waals surface area contributed by atoms with Crippen molar-refractivity contribution in [3.8, 4) is 0 Å². The van der Waals surface area contributed by atoms with Crippen molar-refractivity contribution in [3.63, 3.8) is 0 Å². The van der Waals surface area contributed by atoms with E-state index in [0.29, 0.717) is 23.4 Å². The van der Waals surface area contributed by atoms with Gasteiger partial charge in [0.1, 0.15) is 0 Å². The molecule has 16 heavy (non-hydrogen) atoms. The van der Waals surface area contributed by atoms with Crippen LogP contribution in [0.15, 0.2) is 28.5 Å². The van der Waals surface area contributed by atoms with E-state index in [9.17, 15) is 8.42 Å². The number of fused-ring (bicyclic) bond motifs is 1. The molecule has 0 aliphatic carbocycles. The lowest BCUT2D eigenvalue weighted by Crippen LogP contribution is -2.00. The molecule has 0 aromatic heterocycles. The number of benzene rings is 1. The fourth-order valence-electron chi connectivity index (χ4n) is 1.76. The van der Waals surface area contributed by atoms with Gasteiger partial charge in [0.2, 0.25) is 9.84 Å². The molecule has 4 nitrogen and oxygen atoms in total. The molecule has 0 radical (unpaired) electrons. The van der Waals surface area contributed by atoms with Crippen molar-refractivity contribution in [1.82, 2.24) is 0 Å². The lowest BCUT2D eigenvalue weighted by atomic mass is 10.1. The number of anilines is 1. The highest BCUT2D eigenvalue weighted by atomic mass is 32.2. The second kappa shape index (κ2) is 3.92. The molecule has 0 saturated heterocycles. The lowest BCUT2D eigenvalue weighted by Gasteiger charge is -2.07. The zero-order chi connectivity index (χ0) is 11.8. The van der Waals surface area contributed by atoms with Gasteiger partial charge in [-0.3, -0.25) is 0 Å². The smallest absolute Gasteiger partial charge is 0.200 e. The Balaban J connectivity index is 2.53. The standard InChI is InChI=1S/C11H13NO3S/c1-2-15-6-8-7-16(13,14)10-5-3-4-9(12)11(8)10/h3-5,7H,2,6,12H2,1H3. The van der Waals surface area contributed by atoms with Crippen LogP contribution in [0.5, 0.6) is 0 Å². The van der Waals surface area contributed by atoms with Crippen LogP contribution >= 0.6 is 0 Å². The van der Waals surface area contributed by atoms with Gasteiger partial charge in [0.05, 0.1) is 11.5 Å². The molecule has 0 bridgehead atoms. The van der Waals surface area contributed by atoms with Crippen LogP contribution in [0.25, 0.3) is 5.57 Å². The van der Waals surface area contributed by atoms with Gasteiger partial charge in [0.25, 0.3) is 0 Å². The van der Waals surface area contributed by atoms with Crippen molar-refractivity contribution in [2.24, 2.45) is 0 Å². The van der Waals surface area contributed by atoms with Gasteiger partial charge in [0, 0.05) is 23.3 Å². The molecule has 0 saturated carbocycles. The molecule has 0 amide bonds. The minimum atomic E-state index is -3.33. The van der Waals surface area contributed by atoms with Crippen molar-refractivity contribution in [3.05, 3.63) is 29.2 Å². The summed E-state index contributed by atoms with van der Waals surface area (Å²) >= 11 is 0. The number of hydrogen-bond acceptors (Lipinski definition) is 4. The van der Waals surface area contributed by atoms with E-state index >= 15 is 0 Å². The summed E-state index contributed by atoms with van der Waals surface area (Å²) in [6.45, 7) is 2.68. The summed E-state index contributed by atoms with van der Waals surface area (Å²) in [7, 11) is -3.33. The third-order valence-corrected chi connectivity index (χ3v) is 3.99. The monoisotopic (exact) mass is 239 g/mol. The summed E-state index contributed by atoms with van der Waals surface area (Å²) in [5, 5.41) is 1.24. The normalized spacial score (nSPS) is 16.9. The molecule has 0 fully saturated rings. The molecule has 1 aliphatic heterocycles. The average molecular weight is 239 g/mol. The van der Waals surface area contributed by atoms with Gasteiger partial charge in [-0.25, -0.2) is 8.42 Å². The van der Waals surface area contributed by atoms with E-state index in [-0.39, 0.29) is 11.5 Å². The zero-order valence-corrected chi connectivity index (χ0v) is 9.75. The Hall–Kier alpha value is -1.33. The molecule has 1 aromatic carbocycles. The fourth-order valence-corrected chi connectivity index (χ4v) is 3.25. The Morgan fingerprint density at radius 3 is 2.81 bits per heavy atom. The highest BCUT2D eigenvalue weighted by Crippen LogP contribution is 2.36. The Kier molecular flexibility index (Phi) is 2.73. The number of hydrogen-bond donors (Lipinski definition) is 1. The minimum Gasteiger partial charge on any atom is -0.398 e. The maximum absolute atomic E-state index is 11.8. The van der Waals surface area contributed by atoms with Crippen LogP contribution in [0.4, 0.5) is 5.69 Å². The SMILES string of the molecule is CCOCC1=CS(=O)(=O)c2cccc(N)c21. The Labute approximate surface area is 94.6 Å². The largest absolute Gasteiger partial charge is 0.398 e. The number of nitrogens with two attached hydrogens (primary N) is 1. The third-order valence-electron chi connectivity index (χ3n) is 2.45. The molecule has 2 rings (SSSR count). The summed E-state index contributed by atoms with van der Waals surface area (Å²) < 4.78 is 28.8. The Morgan fingerprint density at radius 1 is 1.38 bits per heavy atom. The van der Waals surface area contributed by atoms with Crippen molar-refractivity contribution in [2.45, 2.75) is 11.8 Å². The molecule has 0 unspecified atom stereocenters. The molecule has 0 atom stereocenters. The summed E-state index contributed by atoms with van der Waals surface area (Å²) in [4.78, 5) is 0.280. The highest BCUT2D eigenvalue weighted by Gasteiger charge is 2.28. The van der Waals surface area contributed by atoms with Gasteiger partial charge in [-0.1, -0.05) is 6.07 Å². The number of nitrogen functional groups attached to an aromatic ring is 1. The maximum atomic E-state index is 11.8. The van der Waals surface area contributed by atoms with E-state index in [1.165, 1.54) is 5.41 Å². The van der Waals surface area contributed by atoms with Crippen LogP contribution < -0.4 is 5.73 Å². The van der Waals surface area contributed by atoms with Crippen LogP contribution in [-0.2, 0) is 14.6 Å². The van der Waals surface area contributed by atoms with Crippen molar-refractivity contribution in [2.75, 3.05) is 18.9 Å². The van der Waals surface area contributed by atoms with E-state index in [0.717, 1.165) is 0 Å². The molecule has 1 heterocycles. The van der Waals surface area contributed by atoms with Crippen molar-refractivity contribution in [1.29, 1.82) is 0 Å². The summed E-state index contributed by atoms with van der Waals surface area (Å²) in [6, 6.07) is 4.90. The minimum absolute atomic E-state index is 0.275. The summed E-state index contributed by atoms with van der Waals surface area (Å²) in [5.41, 5.74) is 7.50. The molecular formula is C11H13NO3S. The first-order chi connectivity index (χ1) is 7.56. The van der Waals surface area contributed by atoms with Gasteiger partial charge in [-0.05, 0) is 24.6 Å². The topological polar surface area (TPSA) is 69.4 Å². The summed E-state index contributed by atoms with van der Waals surface area (Å²) in [6.07, 6.45) is 0. The van der Waals surface area contributed by atoms with E-state index < -0.39 is 9.84 Å². The van der Waals surface area contributed by atoms with E-state index in [2.05, 4.69) is 0 Å². The molecule has 0 spiro atoms. The molecule has 1 aliphatic rings. The van der Waals surface area contributed by atoms with E-state index in [1.807, 2.05) is 6.92 Å². The first-order valence-corrected chi connectivity index (χ1v) is 6.53. The van der Waals surface area contributed by atoms with E-state index in [1.54, 1.807) is 18.2 Å². The van der Waals surface area contributed by atoms with E-state index in [4.69, 9.17) is 10.5 Å². The number of sulfone groups is 1. The second-order valence-corrected chi connectivity index (χ2v) is 5.31. The summed E-state index contributed by atoms with van der Waals surface area (Å²) in [5.74, 6) is 0. The van der Waals surface area contributed by atoms with Gasteiger partial charge >= 0.3 is 0 Å². The highest BCUT2D eigenvalue weighted by molar-refractivity contribution is 7.95. The Bertz CT molecular complexity index is 546. The van der Waals surface area contributed by atoms with Gasteiger partial charge in [-0.15, -0.1) is 0 Å². The lowest BCUT2D eigenvalue weighted by molar-refractivity contribution is 0.182. The van der Waals surface area contributed by atoms with Crippen molar-refractivity contribution >= 4 is 21.1 Å². The first kappa shape index (κ1) is 11.2. The van der Waals surface area contributed by atoms with Gasteiger partial charge < -0.3 is 10.5 Å². The third kappa shape index (κ3) is 1.72. The van der Waals surface area contributed by atoms with Gasteiger partial charge in [0.15, 0.2) is 0 Å². The number of rotatable bonds is 3. The van der Waals surface area contributed by atoms with Crippen LogP contribution in [0.3, 0.4) is 0 Å². The quantitative estimate of drug-likeness (QED) is 0.810. The first-order valence-electron chi connectivity index (χ1n) is 4.98. The van der Waals surface area contributed by atoms with Crippen LogP contribution in [0.1, 0.15) is 12.5 Å². The number of ether oxygens (including phenoxy) is 1. The molecular weight excluding hydrogens is 226 g/mol. The Morgan fingerprint density at radius 2 is 2.12 bits per heavy atom. The maximum Gasteiger partial charge on any atom is 0.200 e. The molecule has 2 N–H and O–H groups in total. The fraction of sp³-hybridized carbons (Fsp3) is 0.273.